The van der Waals surface area contributed by atoms with Gasteiger partial charge in [0.25, 0.3) is 0 Å². The second-order valence-corrected chi connectivity index (χ2v) is 6.05. The molecule has 0 saturated heterocycles. The lowest BCUT2D eigenvalue weighted by Crippen LogP contribution is -2.37. The van der Waals surface area contributed by atoms with E-state index in [-0.39, 0.29) is 6.10 Å². The Hall–Kier alpha value is -0.340. The van der Waals surface area contributed by atoms with Crippen molar-refractivity contribution in [2.45, 2.75) is 38.2 Å². The standard InChI is InChI=1S/C14H25NO/c1-10-6-11-7-12(9-13(16)8-11)14(10)4-5-15(2)3/h11-14,16H,1,4-9H2,2-3H3/t11-,12+,13-,14-/m0/s1. The molecule has 2 aliphatic rings. The average molecular weight is 223 g/mol. The van der Waals surface area contributed by atoms with Gasteiger partial charge in [0.2, 0.25) is 0 Å². The number of rotatable bonds is 3. The first-order valence-corrected chi connectivity index (χ1v) is 6.56. The highest BCUT2D eigenvalue weighted by Gasteiger charge is 2.38. The van der Waals surface area contributed by atoms with E-state index in [9.17, 15) is 5.11 Å². The van der Waals surface area contributed by atoms with Gasteiger partial charge in [0, 0.05) is 0 Å². The molecule has 2 bridgehead atoms. The van der Waals surface area contributed by atoms with Gasteiger partial charge in [-0.1, -0.05) is 12.2 Å². The number of allylic oxidation sites excluding steroid dienone is 1. The van der Waals surface area contributed by atoms with Crippen LogP contribution in [0.1, 0.15) is 32.1 Å². The molecular formula is C14H25NO. The van der Waals surface area contributed by atoms with Crippen LogP contribution in [0.5, 0.6) is 0 Å². The second-order valence-electron chi connectivity index (χ2n) is 6.05. The second kappa shape index (κ2) is 4.89. The Kier molecular flexibility index (Phi) is 3.70. The van der Waals surface area contributed by atoms with Crippen LogP contribution in [0.2, 0.25) is 0 Å². The number of fused-ring (bicyclic) bond motifs is 2. The molecule has 2 aliphatic carbocycles. The molecule has 4 atom stereocenters. The first kappa shape index (κ1) is 12.1. The summed E-state index contributed by atoms with van der Waals surface area (Å²) in [6, 6.07) is 0. The van der Waals surface area contributed by atoms with Crippen molar-refractivity contribution in [2.75, 3.05) is 20.6 Å². The van der Waals surface area contributed by atoms with E-state index < -0.39 is 0 Å². The van der Waals surface area contributed by atoms with Crippen molar-refractivity contribution in [1.29, 1.82) is 0 Å². The van der Waals surface area contributed by atoms with Crippen LogP contribution in [0.4, 0.5) is 0 Å². The van der Waals surface area contributed by atoms with E-state index in [4.69, 9.17) is 0 Å². The van der Waals surface area contributed by atoms with Gasteiger partial charge in [-0.2, -0.15) is 0 Å². The van der Waals surface area contributed by atoms with E-state index in [0.717, 1.165) is 31.7 Å². The Morgan fingerprint density at radius 3 is 2.75 bits per heavy atom. The predicted molar refractivity (Wildman–Crippen MR) is 67.3 cm³/mol. The lowest BCUT2D eigenvalue weighted by molar-refractivity contribution is 0.0349. The summed E-state index contributed by atoms with van der Waals surface area (Å²) in [5, 5.41) is 9.86. The number of aliphatic hydroxyl groups excluding tert-OH is 1. The first-order valence-electron chi connectivity index (χ1n) is 6.56. The molecular weight excluding hydrogens is 198 g/mol. The van der Waals surface area contributed by atoms with Gasteiger partial charge in [-0.25, -0.2) is 0 Å². The molecule has 0 aliphatic heterocycles. The summed E-state index contributed by atoms with van der Waals surface area (Å²) in [6.45, 7) is 5.42. The maximum absolute atomic E-state index is 9.86. The summed E-state index contributed by atoms with van der Waals surface area (Å²) in [7, 11) is 4.26. The van der Waals surface area contributed by atoms with Crippen LogP contribution < -0.4 is 0 Å². The average Bonchev–Trinajstić information content (AvgIpc) is 2.14. The van der Waals surface area contributed by atoms with E-state index in [2.05, 4.69) is 25.6 Å². The van der Waals surface area contributed by atoms with Crippen LogP contribution in [0.25, 0.3) is 0 Å². The maximum atomic E-state index is 9.86. The molecule has 2 heteroatoms. The zero-order chi connectivity index (χ0) is 11.7. The molecule has 0 unspecified atom stereocenters. The van der Waals surface area contributed by atoms with Crippen molar-refractivity contribution in [3.8, 4) is 0 Å². The Morgan fingerprint density at radius 2 is 2.06 bits per heavy atom. The van der Waals surface area contributed by atoms with Crippen LogP contribution in [0.15, 0.2) is 12.2 Å². The van der Waals surface area contributed by atoms with Crippen molar-refractivity contribution in [3.63, 3.8) is 0 Å². The topological polar surface area (TPSA) is 23.5 Å². The third kappa shape index (κ3) is 2.67. The normalized spacial score (nSPS) is 39.1. The predicted octanol–water partition coefficient (Wildman–Crippen LogP) is 2.29. The van der Waals surface area contributed by atoms with Crippen LogP contribution >= 0.6 is 0 Å². The quantitative estimate of drug-likeness (QED) is 0.742. The van der Waals surface area contributed by atoms with Crippen LogP contribution in [-0.4, -0.2) is 36.8 Å². The van der Waals surface area contributed by atoms with E-state index in [1.807, 2.05) is 0 Å². The molecule has 2 fully saturated rings. The van der Waals surface area contributed by atoms with Gasteiger partial charge in [-0.15, -0.1) is 0 Å². The molecule has 1 N–H and O–H groups in total. The largest absolute Gasteiger partial charge is 0.393 e. The molecule has 0 aromatic heterocycles. The maximum Gasteiger partial charge on any atom is 0.0545 e. The highest BCUT2D eigenvalue weighted by atomic mass is 16.3. The first-order chi connectivity index (χ1) is 7.56. The molecule has 0 aromatic carbocycles. The van der Waals surface area contributed by atoms with Crippen molar-refractivity contribution in [2.24, 2.45) is 17.8 Å². The Labute approximate surface area is 99.3 Å². The molecule has 0 radical (unpaired) electrons. The minimum Gasteiger partial charge on any atom is -0.393 e. The molecule has 2 nitrogen and oxygen atoms in total. The molecule has 0 spiro atoms. The van der Waals surface area contributed by atoms with Gasteiger partial charge >= 0.3 is 0 Å². The lowest BCUT2D eigenvalue weighted by atomic mass is 9.63. The molecule has 0 heterocycles. The summed E-state index contributed by atoms with van der Waals surface area (Å²) in [4.78, 5) is 2.25. The zero-order valence-corrected chi connectivity index (χ0v) is 10.7. The smallest absolute Gasteiger partial charge is 0.0545 e. The van der Waals surface area contributed by atoms with E-state index in [0.29, 0.717) is 11.8 Å². The summed E-state index contributed by atoms with van der Waals surface area (Å²) in [5.41, 5.74) is 1.45. The van der Waals surface area contributed by atoms with Gasteiger partial charge in [0.05, 0.1) is 6.10 Å². The number of hydrogen-bond acceptors (Lipinski definition) is 2. The Bertz CT molecular complexity index is 259. The minimum atomic E-state index is -0.0429. The minimum absolute atomic E-state index is 0.0429. The van der Waals surface area contributed by atoms with Gasteiger partial charge in [-0.05, 0) is 70.5 Å². The van der Waals surface area contributed by atoms with Gasteiger partial charge in [0.1, 0.15) is 0 Å². The highest BCUT2D eigenvalue weighted by molar-refractivity contribution is 5.10. The Balaban J connectivity index is 1.97. The molecule has 16 heavy (non-hydrogen) atoms. The summed E-state index contributed by atoms with van der Waals surface area (Å²) in [5.74, 6) is 2.08. The Morgan fingerprint density at radius 1 is 1.31 bits per heavy atom. The number of hydrogen-bond donors (Lipinski definition) is 1. The van der Waals surface area contributed by atoms with Gasteiger partial charge < -0.3 is 10.0 Å². The fourth-order valence-electron chi connectivity index (χ4n) is 3.64. The molecule has 2 rings (SSSR count). The molecule has 0 aromatic rings. The van der Waals surface area contributed by atoms with Crippen LogP contribution in [0, 0.1) is 17.8 Å². The monoisotopic (exact) mass is 223 g/mol. The van der Waals surface area contributed by atoms with Crippen molar-refractivity contribution in [1.82, 2.24) is 4.90 Å². The molecule has 0 amide bonds. The molecule has 92 valence electrons. The zero-order valence-electron chi connectivity index (χ0n) is 10.7. The third-order valence-electron chi connectivity index (χ3n) is 4.35. The van der Waals surface area contributed by atoms with E-state index in [1.54, 1.807) is 0 Å². The van der Waals surface area contributed by atoms with Crippen molar-refractivity contribution in [3.05, 3.63) is 12.2 Å². The van der Waals surface area contributed by atoms with E-state index in [1.165, 1.54) is 18.4 Å². The highest BCUT2D eigenvalue weighted by Crippen LogP contribution is 2.46. The fraction of sp³-hybridized carbons (Fsp3) is 0.857. The lowest BCUT2D eigenvalue weighted by Gasteiger charge is -2.44. The SMILES string of the molecule is C=C1C[C@@H]2C[C@H](O)C[C@@H](C2)[C@H]1CCN(C)C. The summed E-state index contributed by atoms with van der Waals surface area (Å²) in [6.07, 6.45) is 5.68. The third-order valence-corrected chi connectivity index (χ3v) is 4.35. The van der Waals surface area contributed by atoms with Crippen LogP contribution in [0.3, 0.4) is 0 Å². The summed E-state index contributed by atoms with van der Waals surface area (Å²) < 4.78 is 0. The van der Waals surface area contributed by atoms with Crippen LogP contribution in [-0.2, 0) is 0 Å². The van der Waals surface area contributed by atoms with Crippen molar-refractivity contribution < 1.29 is 5.11 Å². The van der Waals surface area contributed by atoms with E-state index >= 15 is 0 Å². The summed E-state index contributed by atoms with van der Waals surface area (Å²) >= 11 is 0. The van der Waals surface area contributed by atoms with Crippen molar-refractivity contribution >= 4 is 0 Å². The fourth-order valence-corrected chi connectivity index (χ4v) is 3.64. The number of aliphatic hydroxyl groups is 1. The van der Waals surface area contributed by atoms with Gasteiger partial charge in [-0.3, -0.25) is 0 Å². The molecule has 2 saturated carbocycles. The number of nitrogens with zero attached hydrogens (tertiary/aromatic N) is 1. The van der Waals surface area contributed by atoms with Gasteiger partial charge in [0.15, 0.2) is 0 Å².